The number of hydrogen-bond acceptors (Lipinski definition) is 4. The molecule has 1 aromatic heterocycles. The van der Waals surface area contributed by atoms with E-state index < -0.39 is 11.9 Å². The fraction of sp³-hybridized carbons (Fsp3) is 0.556. The number of fused-ring (bicyclic) bond motifs is 1. The molecule has 0 aliphatic carbocycles. The van der Waals surface area contributed by atoms with Crippen molar-refractivity contribution >= 4 is 5.91 Å². The maximum atomic E-state index is 10.8. The molecule has 4 N–H and O–H groups in total. The SMILES string of the molecule is NC(=O)C(N)CN1CCn2ccnc2C1. The highest BCUT2D eigenvalue weighted by molar-refractivity contribution is 5.79. The maximum absolute atomic E-state index is 10.8. The first-order valence-electron chi connectivity index (χ1n) is 4.94. The molecule has 1 unspecified atom stereocenters. The molecule has 2 rings (SSSR count). The van der Waals surface area contributed by atoms with Crippen LogP contribution < -0.4 is 11.5 Å². The van der Waals surface area contributed by atoms with E-state index >= 15 is 0 Å². The molecule has 1 aliphatic rings. The minimum absolute atomic E-state index is 0.455. The van der Waals surface area contributed by atoms with Crippen LogP contribution in [-0.2, 0) is 17.9 Å². The van der Waals surface area contributed by atoms with Crippen LogP contribution in [0.3, 0.4) is 0 Å². The molecule has 1 atom stereocenters. The molecule has 1 aromatic rings. The molecule has 0 spiro atoms. The average Bonchev–Trinajstić information content (AvgIpc) is 2.64. The maximum Gasteiger partial charge on any atom is 0.235 e. The standard InChI is InChI=1S/C9H15N5O/c10-7(9(11)15)5-13-3-4-14-2-1-12-8(14)6-13/h1-2,7H,3-6,10H2,(H2,11,15). The number of amides is 1. The normalized spacial score (nSPS) is 18.5. The highest BCUT2D eigenvalue weighted by Crippen LogP contribution is 2.09. The van der Waals surface area contributed by atoms with Crippen molar-refractivity contribution in [1.82, 2.24) is 14.5 Å². The molecule has 0 fully saturated rings. The Hall–Kier alpha value is -1.40. The third-order valence-electron chi connectivity index (χ3n) is 2.64. The fourth-order valence-electron chi connectivity index (χ4n) is 1.75. The minimum atomic E-state index is -0.591. The van der Waals surface area contributed by atoms with E-state index in [2.05, 4.69) is 14.5 Å². The second kappa shape index (κ2) is 4.00. The van der Waals surface area contributed by atoms with Crippen molar-refractivity contribution in [3.8, 4) is 0 Å². The van der Waals surface area contributed by atoms with Gasteiger partial charge in [-0.1, -0.05) is 0 Å². The Morgan fingerprint density at radius 1 is 1.60 bits per heavy atom. The van der Waals surface area contributed by atoms with Crippen molar-refractivity contribution in [2.45, 2.75) is 19.1 Å². The summed E-state index contributed by atoms with van der Waals surface area (Å²) >= 11 is 0. The number of carbonyl (C=O) groups is 1. The Morgan fingerprint density at radius 3 is 3.13 bits per heavy atom. The Morgan fingerprint density at radius 2 is 2.40 bits per heavy atom. The monoisotopic (exact) mass is 209 g/mol. The van der Waals surface area contributed by atoms with Crippen LogP contribution in [0.2, 0.25) is 0 Å². The van der Waals surface area contributed by atoms with E-state index in [4.69, 9.17) is 11.5 Å². The summed E-state index contributed by atoms with van der Waals surface area (Å²) in [5.74, 6) is 0.557. The Labute approximate surface area is 87.9 Å². The largest absolute Gasteiger partial charge is 0.368 e. The molecule has 2 heterocycles. The second-order valence-electron chi connectivity index (χ2n) is 3.78. The summed E-state index contributed by atoms with van der Waals surface area (Å²) in [6, 6.07) is -0.591. The molecule has 0 saturated heterocycles. The fourth-order valence-corrected chi connectivity index (χ4v) is 1.75. The first-order valence-corrected chi connectivity index (χ1v) is 4.94. The van der Waals surface area contributed by atoms with E-state index in [1.54, 1.807) is 6.20 Å². The molecule has 0 radical (unpaired) electrons. The number of primary amides is 1. The number of hydrogen-bond donors (Lipinski definition) is 2. The zero-order valence-corrected chi connectivity index (χ0v) is 8.47. The lowest BCUT2D eigenvalue weighted by atomic mass is 10.2. The van der Waals surface area contributed by atoms with Gasteiger partial charge in [0, 0.05) is 32.0 Å². The molecule has 15 heavy (non-hydrogen) atoms. The Bertz CT molecular complexity index is 361. The van der Waals surface area contributed by atoms with Gasteiger partial charge in [0.25, 0.3) is 0 Å². The number of carbonyl (C=O) groups excluding carboxylic acids is 1. The number of nitrogens with two attached hydrogens (primary N) is 2. The van der Waals surface area contributed by atoms with E-state index in [-0.39, 0.29) is 0 Å². The van der Waals surface area contributed by atoms with Gasteiger partial charge in [0.2, 0.25) is 5.91 Å². The lowest BCUT2D eigenvalue weighted by Crippen LogP contribution is -2.47. The van der Waals surface area contributed by atoms with Gasteiger partial charge in [0.1, 0.15) is 5.82 Å². The summed E-state index contributed by atoms with van der Waals surface area (Å²) in [6.45, 7) is 3.00. The van der Waals surface area contributed by atoms with Crippen LogP contribution in [0.4, 0.5) is 0 Å². The lowest BCUT2D eigenvalue weighted by molar-refractivity contribution is -0.119. The van der Waals surface area contributed by atoms with Crippen LogP contribution >= 0.6 is 0 Å². The molecule has 0 bridgehead atoms. The van der Waals surface area contributed by atoms with Crippen LogP contribution in [0.1, 0.15) is 5.82 Å². The van der Waals surface area contributed by atoms with Gasteiger partial charge >= 0.3 is 0 Å². The first-order chi connectivity index (χ1) is 7.16. The van der Waals surface area contributed by atoms with Crippen molar-refractivity contribution in [2.24, 2.45) is 11.5 Å². The third kappa shape index (κ3) is 2.16. The van der Waals surface area contributed by atoms with Gasteiger partial charge in [0.15, 0.2) is 0 Å². The van der Waals surface area contributed by atoms with Gasteiger partial charge in [-0.05, 0) is 0 Å². The zero-order valence-electron chi connectivity index (χ0n) is 8.47. The molecule has 0 saturated carbocycles. The molecule has 1 amide bonds. The van der Waals surface area contributed by atoms with Gasteiger partial charge < -0.3 is 16.0 Å². The van der Waals surface area contributed by atoms with E-state index in [9.17, 15) is 4.79 Å². The molecule has 6 nitrogen and oxygen atoms in total. The van der Waals surface area contributed by atoms with E-state index in [1.165, 1.54) is 0 Å². The van der Waals surface area contributed by atoms with Crippen LogP contribution in [0, 0.1) is 0 Å². The first kappa shape index (κ1) is 10.1. The number of nitrogens with zero attached hydrogens (tertiary/aromatic N) is 3. The summed E-state index contributed by atoms with van der Waals surface area (Å²) < 4.78 is 2.10. The molecule has 0 aromatic carbocycles. The lowest BCUT2D eigenvalue weighted by Gasteiger charge is -2.28. The van der Waals surface area contributed by atoms with Crippen molar-refractivity contribution < 1.29 is 4.79 Å². The van der Waals surface area contributed by atoms with E-state index in [1.807, 2.05) is 6.20 Å². The van der Waals surface area contributed by atoms with Crippen LogP contribution in [-0.4, -0.2) is 39.5 Å². The van der Waals surface area contributed by atoms with Gasteiger partial charge in [-0.25, -0.2) is 4.98 Å². The Balaban J connectivity index is 1.95. The zero-order chi connectivity index (χ0) is 10.8. The van der Waals surface area contributed by atoms with E-state index in [0.717, 1.165) is 25.5 Å². The molecule has 6 heteroatoms. The topological polar surface area (TPSA) is 90.2 Å². The van der Waals surface area contributed by atoms with E-state index in [0.29, 0.717) is 6.54 Å². The average molecular weight is 209 g/mol. The number of aromatic nitrogens is 2. The second-order valence-corrected chi connectivity index (χ2v) is 3.78. The predicted octanol–water partition coefficient (Wildman–Crippen LogP) is -1.49. The minimum Gasteiger partial charge on any atom is -0.368 e. The summed E-state index contributed by atoms with van der Waals surface area (Å²) in [5.41, 5.74) is 10.7. The van der Waals surface area contributed by atoms with Crippen molar-refractivity contribution in [3.05, 3.63) is 18.2 Å². The summed E-state index contributed by atoms with van der Waals surface area (Å²) in [4.78, 5) is 17.1. The highest BCUT2D eigenvalue weighted by Gasteiger charge is 2.20. The van der Waals surface area contributed by atoms with Gasteiger partial charge in [-0.15, -0.1) is 0 Å². The van der Waals surface area contributed by atoms with Gasteiger partial charge in [-0.2, -0.15) is 0 Å². The van der Waals surface area contributed by atoms with Crippen molar-refractivity contribution in [3.63, 3.8) is 0 Å². The highest BCUT2D eigenvalue weighted by atomic mass is 16.1. The molecular formula is C9H15N5O. The predicted molar refractivity (Wildman–Crippen MR) is 54.7 cm³/mol. The summed E-state index contributed by atoms with van der Waals surface area (Å²) in [7, 11) is 0. The van der Waals surface area contributed by atoms with Gasteiger partial charge in [0.05, 0.1) is 12.6 Å². The summed E-state index contributed by atoms with van der Waals surface area (Å²) in [5, 5.41) is 0. The smallest absolute Gasteiger partial charge is 0.235 e. The number of rotatable bonds is 3. The molecular weight excluding hydrogens is 194 g/mol. The quantitative estimate of drug-likeness (QED) is 0.634. The number of imidazole rings is 1. The van der Waals surface area contributed by atoms with Crippen LogP contribution in [0.5, 0.6) is 0 Å². The Kier molecular flexibility index (Phi) is 2.70. The molecule has 82 valence electrons. The van der Waals surface area contributed by atoms with Crippen LogP contribution in [0.15, 0.2) is 12.4 Å². The summed E-state index contributed by atoms with van der Waals surface area (Å²) in [6.07, 6.45) is 3.74. The van der Waals surface area contributed by atoms with Crippen LogP contribution in [0.25, 0.3) is 0 Å². The van der Waals surface area contributed by atoms with Gasteiger partial charge in [-0.3, -0.25) is 9.69 Å². The van der Waals surface area contributed by atoms with Crippen molar-refractivity contribution in [2.75, 3.05) is 13.1 Å². The molecule has 1 aliphatic heterocycles. The van der Waals surface area contributed by atoms with Crippen molar-refractivity contribution in [1.29, 1.82) is 0 Å². The third-order valence-corrected chi connectivity index (χ3v) is 2.64.